The van der Waals surface area contributed by atoms with E-state index >= 15 is 0 Å². The van der Waals surface area contributed by atoms with Gasteiger partial charge < -0.3 is 10.2 Å². The zero-order valence-electron chi connectivity index (χ0n) is 10.2. The number of fused-ring (bicyclic) bond motifs is 5. The van der Waals surface area contributed by atoms with Crippen molar-refractivity contribution in [2.45, 2.75) is 6.42 Å². The number of hydrogen-bond acceptors (Lipinski definition) is 2. The highest BCUT2D eigenvalue weighted by atomic mass is 16.3. The molecule has 0 saturated carbocycles. The van der Waals surface area contributed by atoms with Crippen molar-refractivity contribution in [2.75, 3.05) is 0 Å². The first-order chi connectivity index (χ1) is 9.24. The minimum Gasteiger partial charge on any atom is -0.508 e. The molecule has 0 heterocycles. The first kappa shape index (κ1) is 10.4. The highest BCUT2D eigenvalue weighted by Crippen LogP contribution is 2.44. The number of hydrogen-bond donors (Lipinski definition) is 2. The molecule has 92 valence electrons. The van der Waals surface area contributed by atoms with Crippen LogP contribution in [0.5, 0.6) is 11.5 Å². The van der Waals surface area contributed by atoms with Crippen LogP contribution in [0.1, 0.15) is 11.1 Å². The largest absolute Gasteiger partial charge is 0.508 e. The van der Waals surface area contributed by atoms with E-state index in [0.29, 0.717) is 0 Å². The van der Waals surface area contributed by atoms with Crippen molar-refractivity contribution in [2.24, 2.45) is 0 Å². The van der Waals surface area contributed by atoms with Crippen molar-refractivity contribution >= 4 is 10.8 Å². The van der Waals surface area contributed by atoms with Crippen molar-refractivity contribution in [1.82, 2.24) is 0 Å². The molecule has 4 rings (SSSR count). The van der Waals surface area contributed by atoms with Crippen LogP contribution < -0.4 is 0 Å². The van der Waals surface area contributed by atoms with Crippen molar-refractivity contribution in [1.29, 1.82) is 0 Å². The molecule has 2 heteroatoms. The van der Waals surface area contributed by atoms with E-state index in [1.165, 1.54) is 11.1 Å². The van der Waals surface area contributed by atoms with E-state index in [9.17, 15) is 10.2 Å². The molecule has 0 bridgehead atoms. The molecule has 3 aromatic rings. The zero-order chi connectivity index (χ0) is 13.0. The fraction of sp³-hybridized carbons (Fsp3) is 0.0588. The fourth-order valence-electron chi connectivity index (χ4n) is 3.03. The summed E-state index contributed by atoms with van der Waals surface area (Å²) in [4.78, 5) is 0. The van der Waals surface area contributed by atoms with E-state index in [-0.39, 0.29) is 11.5 Å². The molecule has 0 radical (unpaired) electrons. The van der Waals surface area contributed by atoms with Crippen LogP contribution in [0.3, 0.4) is 0 Å². The summed E-state index contributed by atoms with van der Waals surface area (Å²) < 4.78 is 0. The summed E-state index contributed by atoms with van der Waals surface area (Å²) in [5.41, 5.74) is 4.73. The van der Waals surface area contributed by atoms with Crippen LogP contribution >= 0.6 is 0 Å². The molecular formula is C17H12O2. The molecule has 0 aromatic heterocycles. The van der Waals surface area contributed by atoms with Crippen LogP contribution in [0.25, 0.3) is 21.9 Å². The van der Waals surface area contributed by atoms with Gasteiger partial charge >= 0.3 is 0 Å². The van der Waals surface area contributed by atoms with Gasteiger partial charge in [-0.1, -0.05) is 24.3 Å². The van der Waals surface area contributed by atoms with Crippen LogP contribution in [0.4, 0.5) is 0 Å². The number of aromatic hydroxyl groups is 2. The van der Waals surface area contributed by atoms with Gasteiger partial charge in [0.05, 0.1) is 0 Å². The van der Waals surface area contributed by atoms with Gasteiger partial charge in [0.1, 0.15) is 11.5 Å². The van der Waals surface area contributed by atoms with Gasteiger partial charge in [-0.15, -0.1) is 0 Å². The van der Waals surface area contributed by atoms with E-state index in [1.807, 2.05) is 18.2 Å². The Labute approximate surface area is 110 Å². The highest BCUT2D eigenvalue weighted by Gasteiger charge is 2.22. The normalized spacial score (nSPS) is 12.4. The molecular weight excluding hydrogens is 236 g/mol. The van der Waals surface area contributed by atoms with E-state index in [4.69, 9.17) is 0 Å². The Bertz CT molecular complexity index is 819. The first-order valence-corrected chi connectivity index (χ1v) is 6.30. The molecule has 0 fully saturated rings. The molecule has 0 amide bonds. The minimum absolute atomic E-state index is 0.227. The lowest BCUT2D eigenvalue weighted by Gasteiger charge is -2.09. The third-order valence-corrected chi connectivity index (χ3v) is 3.85. The molecule has 2 N–H and O–H groups in total. The predicted octanol–water partition coefficient (Wildman–Crippen LogP) is 3.82. The van der Waals surface area contributed by atoms with Gasteiger partial charge in [-0.2, -0.15) is 0 Å². The molecule has 0 atom stereocenters. The summed E-state index contributed by atoms with van der Waals surface area (Å²) in [5, 5.41) is 21.5. The van der Waals surface area contributed by atoms with E-state index in [1.54, 1.807) is 18.2 Å². The average Bonchev–Trinajstić information content (AvgIpc) is 2.76. The van der Waals surface area contributed by atoms with Gasteiger partial charge in [-0.25, -0.2) is 0 Å². The van der Waals surface area contributed by atoms with Crippen LogP contribution in [-0.4, -0.2) is 10.2 Å². The number of phenolic OH excluding ortho intramolecular Hbond substituents is 2. The van der Waals surface area contributed by atoms with E-state index in [0.717, 1.165) is 28.3 Å². The highest BCUT2D eigenvalue weighted by molar-refractivity contribution is 6.04. The average molecular weight is 248 g/mol. The topological polar surface area (TPSA) is 40.5 Å². The summed E-state index contributed by atoms with van der Waals surface area (Å²) in [6.07, 6.45) is 0.838. The molecule has 0 aliphatic heterocycles. The SMILES string of the molecule is Oc1ccc2c(O)cc3c(c2c1)-c1ccccc1C3. The summed E-state index contributed by atoms with van der Waals surface area (Å²) >= 11 is 0. The van der Waals surface area contributed by atoms with Gasteiger partial charge in [0.25, 0.3) is 0 Å². The van der Waals surface area contributed by atoms with Crippen LogP contribution in [-0.2, 0) is 6.42 Å². The monoisotopic (exact) mass is 248 g/mol. The number of rotatable bonds is 0. The van der Waals surface area contributed by atoms with Crippen molar-refractivity contribution < 1.29 is 10.2 Å². The van der Waals surface area contributed by atoms with E-state index in [2.05, 4.69) is 12.1 Å². The Morgan fingerprint density at radius 1 is 0.789 bits per heavy atom. The predicted molar refractivity (Wildman–Crippen MR) is 75.5 cm³/mol. The summed E-state index contributed by atoms with van der Waals surface area (Å²) in [6, 6.07) is 15.2. The maximum Gasteiger partial charge on any atom is 0.123 e. The quantitative estimate of drug-likeness (QED) is 0.496. The Kier molecular flexibility index (Phi) is 1.93. The molecule has 0 unspecified atom stereocenters. The number of phenols is 2. The van der Waals surface area contributed by atoms with Crippen molar-refractivity contribution in [3.8, 4) is 22.6 Å². The standard InChI is InChI=1S/C17H12O2/c18-12-5-6-14-15(9-12)17-11(8-16(14)19)7-10-3-1-2-4-13(10)17/h1-6,8-9,18-19H,7H2. The summed E-state index contributed by atoms with van der Waals surface area (Å²) in [5.74, 6) is 0.506. The summed E-state index contributed by atoms with van der Waals surface area (Å²) in [6.45, 7) is 0. The molecule has 1 aliphatic rings. The summed E-state index contributed by atoms with van der Waals surface area (Å²) in [7, 11) is 0. The lowest BCUT2D eigenvalue weighted by atomic mass is 9.97. The fourth-order valence-corrected chi connectivity index (χ4v) is 3.03. The lowest BCUT2D eigenvalue weighted by molar-refractivity contribution is 0.475. The second-order valence-corrected chi connectivity index (χ2v) is 4.99. The van der Waals surface area contributed by atoms with Gasteiger partial charge in [0.15, 0.2) is 0 Å². The molecule has 0 saturated heterocycles. The van der Waals surface area contributed by atoms with Gasteiger partial charge in [0, 0.05) is 5.39 Å². The maximum absolute atomic E-state index is 10.1. The number of benzene rings is 3. The molecule has 1 aliphatic carbocycles. The Morgan fingerprint density at radius 3 is 2.53 bits per heavy atom. The Balaban J connectivity index is 2.18. The second kappa shape index (κ2) is 3.51. The first-order valence-electron chi connectivity index (χ1n) is 6.30. The molecule has 19 heavy (non-hydrogen) atoms. The van der Waals surface area contributed by atoms with Gasteiger partial charge in [-0.05, 0) is 58.3 Å². The lowest BCUT2D eigenvalue weighted by Crippen LogP contribution is -1.84. The third kappa shape index (κ3) is 1.37. The van der Waals surface area contributed by atoms with Crippen LogP contribution in [0, 0.1) is 0 Å². The molecule has 2 nitrogen and oxygen atoms in total. The zero-order valence-corrected chi connectivity index (χ0v) is 10.2. The van der Waals surface area contributed by atoms with Gasteiger partial charge in [0.2, 0.25) is 0 Å². The van der Waals surface area contributed by atoms with Crippen molar-refractivity contribution in [3.05, 3.63) is 59.7 Å². The second-order valence-electron chi connectivity index (χ2n) is 4.99. The molecule has 0 spiro atoms. The minimum atomic E-state index is 0.227. The smallest absolute Gasteiger partial charge is 0.123 e. The third-order valence-electron chi connectivity index (χ3n) is 3.85. The van der Waals surface area contributed by atoms with Crippen molar-refractivity contribution in [3.63, 3.8) is 0 Å². The Morgan fingerprint density at radius 2 is 1.63 bits per heavy atom. The molecule has 3 aromatic carbocycles. The van der Waals surface area contributed by atoms with Crippen LogP contribution in [0.15, 0.2) is 48.5 Å². The van der Waals surface area contributed by atoms with E-state index < -0.39 is 0 Å². The van der Waals surface area contributed by atoms with Crippen LogP contribution in [0.2, 0.25) is 0 Å². The maximum atomic E-state index is 10.1. The Hall–Kier alpha value is -2.48. The van der Waals surface area contributed by atoms with Gasteiger partial charge in [-0.3, -0.25) is 0 Å².